The molecule has 0 saturated carbocycles. The molecule has 2 N–H and O–H groups in total. The van der Waals surface area contributed by atoms with Crippen molar-refractivity contribution in [3.63, 3.8) is 0 Å². The molecule has 2 aromatic carbocycles. The van der Waals surface area contributed by atoms with E-state index in [0.29, 0.717) is 23.5 Å². The Morgan fingerprint density at radius 1 is 1.00 bits per heavy atom. The van der Waals surface area contributed by atoms with Crippen molar-refractivity contribution in [3.05, 3.63) is 78.1 Å². The number of anilines is 2. The van der Waals surface area contributed by atoms with Crippen LogP contribution in [0.4, 0.5) is 16.2 Å². The van der Waals surface area contributed by atoms with E-state index in [0.717, 1.165) is 5.56 Å². The van der Waals surface area contributed by atoms with Gasteiger partial charge in [-0.1, -0.05) is 18.2 Å². The average molecular weight is 363 g/mol. The Kier molecular flexibility index (Phi) is 5.51. The normalized spacial score (nSPS) is 10.3. The molecule has 0 aliphatic carbocycles. The van der Waals surface area contributed by atoms with Gasteiger partial charge in [-0.2, -0.15) is 5.10 Å². The highest BCUT2D eigenvalue weighted by Gasteiger charge is 2.13. The van der Waals surface area contributed by atoms with Crippen molar-refractivity contribution in [2.75, 3.05) is 17.7 Å². The van der Waals surface area contributed by atoms with Crippen molar-refractivity contribution in [2.45, 2.75) is 6.54 Å². The highest BCUT2D eigenvalue weighted by atomic mass is 16.2. The van der Waals surface area contributed by atoms with Gasteiger partial charge in [0.2, 0.25) is 0 Å². The maximum absolute atomic E-state index is 12.5. The number of nitrogens with one attached hydrogen (secondary N) is 2. The molecule has 27 heavy (non-hydrogen) atoms. The van der Waals surface area contributed by atoms with Crippen LogP contribution in [0.2, 0.25) is 0 Å². The summed E-state index contributed by atoms with van der Waals surface area (Å²) in [5.74, 6) is -0.0980. The number of carbonyl (C=O) groups excluding carboxylic acids is 2. The van der Waals surface area contributed by atoms with Gasteiger partial charge in [0.1, 0.15) is 0 Å². The van der Waals surface area contributed by atoms with E-state index in [4.69, 9.17) is 0 Å². The lowest BCUT2D eigenvalue weighted by molar-refractivity contribution is 0.0785. The standard InChI is InChI=1S/C20H21N5O2/c1-24(13-15-12-21-25(2)14-15)19(26)16-8-10-18(11-9-16)23-20(27)22-17-6-4-3-5-7-17/h3-12,14H,13H2,1-2H3,(H2,22,23,27). The summed E-state index contributed by atoms with van der Waals surface area (Å²) < 4.78 is 1.70. The van der Waals surface area contributed by atoms with E-state index < -0.39 is 0 Å². The van der Waals surface area contributed by atoms with Crippen molar-refractivity contribution >= 4 is 23.3 Å². The van der Waals surface area contributed by atoms with Crippen molar-refractivity contribution in [3.8, 4) is 0 Å². The minimum atomic E-state index is -0.339. The van der Waals surface area contributed by atoms with Gasteiger partial charge in [0.15, 0.2) is 0 Å². The molecule has 7 nitrogen and oxygen atoms in total. The van der Waals surface area contributed by atoms with Crippen LogP contribution in [-0.4, -0.2) is 33.7 Å². The van der Waals surface area contributed by atoms with Crippen LogP contribution in [0.25, 0.3) is 0 Å². The first kappa shape index (κ1) is 18.2. The van der Waals surface area contributed by atoms with Crippen LogP contribution in [0.15, 0.2) is 67.0 Å². The zero-order valence-corrected chi connectivity index (χ0v) is 15.2. The van der Waals surface area contributed by atoms with Gasteiger partial charge in [0.25, 0.3) is 5.91 Å². The van der Waals surface area contributed by atoms with E-state index in [1.807, 2.05) is 31.4 Å². The molecule has 0 unspecified atom stereocenters. The summed E-state index contributed by atoms with van der Waals surface area (Å²) in [4.78, 5) is 26.2. The molecule has 0 fully saturated rings. The Morgan fingerprint density at radius 2 is 1.63 bits per heavy atom. The first-order valence-corrected chi connectivity index (χ1v) is 8.47. The zero-order valence-electron chi connectivity index (χ0n) is 15.2. The molecule has 1 heterocycles. The number of amides is 3. The van der Waals surface area contributed by atoms with Crippen molar-refractivity contribution < 1.29 is 9.59 Å². The number of aryl methyl sites for hydroxylation is 1. The van der Waals surface area contributed by atoms with Crippen molar-refractivity contribution in [1.82, 2.24) is 14.7 Å². The number of benzene rings is 2. The first-order chi connectivity index (χ1) is 13.0. The zero-order chi connectivity index (χ0) is 19.2. The van der Waals surface area contributed by atoms with Gasteiger partial charge in [-0.25, -0.2) is 4.79 Å². The Morgan fingerprint density at radius 3 is 2.22 bits per heavy atom. The third-order valence-electron chi connectivity index (χ3n) is 3.95. The van der Waals surface area contributed by atoms with Gasteiger partial charge >= 0.3 is 6.03 Å². The predicted octanol–water partition coefficient (Wildman–Crippen LogP) is 3.34. The molecule has 7 heteroatoms. The van der Waals surface area contributed by atoms with Gasteiger partial charge in [-0.05, 0) is 36.4 Å². The second kappa shape index (κ2) is 8.18. The Hall–Kier alpha value is -3.61. The number of hydrogen-bond donors (Lipinski definition) is 2. The molecule has 0 radical (unpaired) electrons. The van der Waals surface area contributed by atoms with E-state index in [2.05, 4.69) is 15.7 Å². The third-order valence-corrected chi connectivity index (χ3v) is 3.95. The number of urea groups is 1. The van der Waals surface area contributed by atoms with E-state index in [9.17, 15) is 9.59 Å². The van der Waals surface area contributed by atoms with E-state index in [1.54, 1.807) is 59.2 Å². The molecule has 0 aliphatic heterocycles. The van der Waals surface area contributed by atoms with E-state index in [-0.39, 0.29) is 11.9 Å². The van der Waals surface area contributed by atoms with Gasteiger partial charge in [-0.15, -0.1) is 0 Å². The lowest BCUT2D eigenvalue weighted by atomic mass is 10.1. The Labute approximate surface area is 157 Å². The molecule has 0 saturated heterocycles. The third kappa shape index (κ3) is 4.94. The molecule has 3 amide bonds. The summed E-state index contributed by atoms with van der Waals surface area (Å²) in [6, 6.07) is 15.6. The number of aromatic nitrogens is 2. The van der Waals surface area contributed by atoms with E-state index in [1.165, 1.54) is 0 Å². The second-order valence-corrected chi connectivity index (χ2v) is 6.21. The monoisotopic (exact) mass is 363 g/mol. The summed E-state index contributed by atoms with van der Waals surface area (Å²) >= 11 is 0. The number of para-hydroxylation sites is 1. The average Bonchev–Trinajstić information content (AvgIpc) is 3.07. The van der Waals surface area contributed by atoms with E-state index >= 15 is 0 Å². The highest BCUT2D eigenvalue weighted by Crippen LogP contribution is 2.13. The van der Waals surface area contributed by atoms with Crippen LogP contribution >= 0.6 is 0 Å². The van der Waals surface area contributed by atoms with Gasteiger partial charge in [-0.3, -0.25) is 9.48 Å². The number of carbonyl (C=O) groups is 2. The summed E-state index contributed by atoms with van der Waals surface area (Å²) in [5.41, 5.74) is 2.83. The Bertz CT molecular complexity index is 919. The maximum atomic E-state index is 12.5. The number of nitrogens with zero attached hydrogens (tertiary/aromatic N) is 3. The summed E-state index contributed by atoms with van der Waals surface area (Å²) in [6.07, 6.45) is 3.62. The van der Waals surface area contributed by atoms with Gasteiger partial charge < -0.3 is 15.5 Å². The fraction of sp³-hybridized carbons (Fsp3) is 0.150. The maximum Gasteiger partial charge on any atom is 0.323 e. The van der Waals surface area contributed by atoms with Crippen LogP contribution in [-0.2, 0) is 13.6 Å². The summed E-state index contributed by atoms with van der Waals surface area (Å²) in [7, 11) is 3.58. The number of hydrogen-bond acceptors (Lipinski definition) is 3. The van der Waals surface area contributed by atoms with Crippen LogP contribution in [0.3, 0.4) is 0 Å². The lowest BCUT2D eigenvalue weighted by Gasteiger charge is -2.16. The summed E-state index contributed by atoms with van der Waals surface area (Å²) in [6.45, 7) is 0.478. The molecule has 0 bridgehead atoms. The first-order valence-electron chi connectivity index (χ1n) is 8.47. The smallest absolute Gasteiger partial charge is 0.323 e. The fourth-order valence-corrected chi connectivity index (χ4v) is 2.63. The minimum Gasteiger partial charge on any atom is -0.337 e. The lowest BCUT2D eigenvalue weighted by Crippen LogP contribution is -2.26. The largest absolute Gasteiger partial charge is 0.337 e. The fourth-order valence-electron chi connectivity index (χ4n) is 2.63. The predicted molar refractivity (Wildman–Crippen MR) is 105 cm³/mol. The van der Waals surface area contributed by atoms with Gasteiger partial charge in [0, 0.05) is 49.3 Å². The molecular weight excluding hydrogens is 342 g/mol. The SMILES string of the molecule is CN(Cc1cnn(C)c1)C(=O)c1ccc(NC(=O)Nc2ccccc2)cc1. The minimum absolute atomic E-state index is 0.0980. The molecule has 0 atom stereocenters. The van der Waals surface area contributed by atoms with Crippen LogP contribution in [0.1, 0.15) is 15.9 Å². The molecule has 138 valence electrons. The number of rotatable bonds is 5. The Balaban J connectivity index is 1.57. The molecule has 3 rings (SSSR count). The van der Waals surface area contributed by atoms with Gasteiger partial charge in [0.05, 0.1) is 6.20 Å². The van der Waals surface area contributed by atoms with Crippen LogP contribution in [0, 0.1) is 0 Å². The molecule has 3 aromatic rings. The van der Waals surface area contributed by atoms with Crippen LogP contribution < -0.4 is 10.6 Å². The van der Waals surface area contributed by atoms with Crippen LogP contribution in [0.5, 0.6) is 0 Å². The second-order valence-electron chi connectivity index (χ2n) is 6.21. The molecule has 0 aliphatic rings. The highest BCUT2D eigenvalue weighted by molar-refractivity contribution is 6.00. The topological polar surface area (TPSA) is 79.3 Å². The summed E-state index contributed by atoms with van der Waals surface area (Å²) in [5, 5.41) is 9.59. The van der Waals surface area contributed by atoms with Crippen molar-refractivity contribution in [1.29, 1.82) is 0 Å². The molecule has 0 spiro atoms. The molecule has 1 aromatic heterocycles. The van der Waals surface area contributed by atoms with Crippen molar-refractivity contribution in [2.24, 2.45) is 7.05 Å². The molecular formula is C20H21N5O2. The quantitative estimate of drug-likeness (QED) is 0.730.